The molecule has 0 N–H and O–H groups in total. The van der Waals surface area contributed by atoms with Gasteiger partial charge in [0.05, 0.1) is 18.1 Å². The Morgan fingerprint density at radius 3 is 2.25 bits per heavy atom. The van der Waals surface area contributed by atoms with Gasteiger partial charge in [0.2, 0.25) is 0 Å². The Kier molecular flexibility index (Phi) is 7.33. The number of carbonyl (C=O) groups is 1. The molecule has 0 radical (unpaired) electrons. The van der Waals surface area contributed by atoms with Gasteiger partial charge in [0, 0.05) is 18.0 Å². The number of alkyl halides is 3. The molecule has 0 spiro atoms. The maximum absolute atomic E-state index is 14.5. The number of carbonyl (C=O) groups excluding carboxylic acids is 1. The van der Waals surface area contributed by atoms with Crippen LogP contribution in [-0.2, 0) is 15.7 Å². The molecule has 0 aliphatic carbocycles. The van der Waals surface area contributed by atoms with E-state index in [1.165, 1.54) is 24.5 Å². The number of hydrogen-bond acceptors (Lipinski definition) is 3. The molecule has 2 aromatic carbocycles. The van der Waals surface area contributed by atoms with Crippen LogP contribution in [0.5, 0.6) is 0 Å². The van der Waals surface area contributed by atoms with E-state index in [0.717, 1.165) is 5.56 Å². The van der Waals surface area contributed by atoms with E-state index in [0.29, 0.717) is 11.1 Å². The van der Waals surface area contributed by atoms with Crippen molar-refractivity contribution in [2.24, 2.45) is 5.92 Å². The topological polar surface area (TPSA) is 39.2 Å². The van der Waals surface area contributed by atoms with Gasteiger partial charge in [-0.25, -0.2) is 0 Å². The van der Waals surface area contributed by atoms with Gasteiger partial charge in [0.1, 0.15) is 0 Å². The number of ether oxygens (including phenoxy) is 1. The molecule has 1 atom stereocenters. The molecule has 0 fully saturated rings. The summed E-state index contributed by atoms with van der Waals surface area (Å²) in [7, 11) is 0. The highest BCUT2D eigenvalue weighted by Gasteiger charge is 2.40. The average molecular weight is 441 g/mol. The minimum absolute atomic E-state index is 0.00000709. The second kappa shape index (κ2) is 9.98. The van der Waals surface area contributed by atoms with Crippen LogP contribution in [0.2, 0.25) is 0 Å². The monoisotopic (exact) mass is 441 g/mol. The third kappa shape index (κ3) is 5.36. The molecule has 32 heavy (non-hydrogen) atoms. The SMILES string of the molecule is CCOC(=O)C(CC(C)C)c1cc(-c2ccccc2)cc(-c2cccnc2)c1C(F)(F)F. The van der Waals surface area contributed by atoms with Crippen LogP contribution in [0.3, 0.4) is 0 Å². The van der Waals surface area contributed by atoms with E-state index >= 15 is 0 Å². The maximum atomic E-state index is 14.5. The van der Waals surface area contributed by atoms with Crippen molar-refractivity contribution in [3.8, 4) is 22.3 Å². The Morgan fingerprint density at radius 2 is 1.69 bits per heavy atom. The quantitative estimate of drug-likeness (QED) is 0.366. The van der Waals surface area contributed by atoms with Gasteiger partial charge in [-0.3, -0.25) is 9.78 Å². The molecule has 0 bridgehead atoms. The van der Waals surface area contributed by atoms with Gasteiger partial charge < -0.3 is 4.74 Å². The lowest BCUT2D eigenvalue weighted by Crippen LogP contribution is -2.22. The summed E-state index contributed by atoms with van der Waals surface area (Å²) < 4.78 is 48.7. The third-order valence-corrected chi connectivity index (χ3v) is 5.19. The van der Waals surface area contributed by atoms with Crippen LogP contribution in [0.1, 0.15) is 44.2 Å². The summed E-state index contributed by atoms with van der Waals surface area (Å²) in [5.41, 5.74) is 0.824. The van der Waals surface area contributed by atoms with Crippen LogP contribution >= 0.6 is 0 Å². The Labute approximate surface area is 186 Å². The fourth-order valence-electron chi connectivity index (χ4n) is 3.87. The number of esters is 1. The number of aromatic nitrogens is 1. The first kappa shape index (κ1) is 23.5. The second-order valence-corrected chi connectivity index (χ2v) is 8.03. The zero-order chi connectivity index (χ0) is 23.3. The summed E-state index contributed by atoms with van der Waals surface area (Å²) in [4.78, 5) is 16.9. The molecule has 1 unspecified atom stereocenters. The summed E-state index contributed by atoms with van der Waals surface area (Å²) >= 11 is 0. The molecule has 0 aliphatic rings. The van der Waals surface area contributed by atoms with E-state index in [1.807, 2.05) is 44.2 Å². The maximum Gasteiger partial charge on any atom is 0.417 e. The molecule has 1 aromatic heterocycles. The molecule has 3 nitrogen and oxygen atoms in total. The van der Waals surface area contributed by atoms with Crippen molar-refractivity contribution in [3.63, 3.8) is 0 Å². The van der Waals surface area contributed by atoms with Crippen molar-refractivity contribution in [3.05, 3.63) is 78.1 Å². The lowest BCUT2D eigenvalue weighted by molar-refractivity contribution is -0.146. The van der Waals surface area contributed by atoms with E-state index in [2.05, 4.69) is 4.98 Å². The molecule has 0 aliphatic heterocycles. The third-order valence-electron chi connectivity index (χ3n) is 5.19. The predicted molar refractivity (Wildman–Crippen MR) is 119 cm³/mol. The van der Waals surface area contributed by atoms with E-state index in [1.54, 1.807) is 19.1 Å². The number of rotatable bonds is 7. The molecule has 6 heteroatoms. The van der Waals surface area contributed by atoms with Gasteiger partial charge in [-0.1, -0.05) is 50.2 Å². The lowest BCUT2D eigenvalue weighted by Gasteiger charge is -2.25. The summed E-state index contributed by atoms with van der Waals surface area (Å²) in [5.74, 6) is -1.69. The van der Waals surface area contributed by atoms with Crippen molar-refractivity contribution >= 4 is 5.97 Å². The zero-order valence-electron chi connectivity index (χ0n) is 18.3. The van der Waals surface area contributed by atoms with Crippen molar-refractivity contribution in [1.82, 2.24) is 4.98 Å². The number of halogens is 3. The Hall–Kier alpha value is -3.15. The molecule has 168 valence electrons. The molecule has 0 amide bonds. The van der Waals surface area contributed by atoms with Gasteiger partial charge in [-0.2, -0.15) is 13.2 Å². The first-order valence-electron chi connectivity index (χ1n) is 10.6. The smallest absolute Gasteiger partial charge is 0.417 e. The van der Waals surface area contributed by atoms with Gasteiger partial charge in [-0.05, 0) is 59.7 Å². The largest absolute Gasteiger partial charge is 0.466 e. The summed E-state index contributed by atoms with van der Waals surface area (Å²) in [6, 6.07) is 15.4. The van der Waals surface area contributed by atoms with E-state index in [9.17, 15) is 18.0 Å². The highest BCUT2D eigenvalue weighted by Crippen LogP contribution is 2.45. The molecule has 3 rings (SSSR count). The average Bonchev–Trinajstić information content (AvgIpc) is 2.77. The Balaban J connectivity index is 2.38. The number of nitrogens with zero attached hydrogens (tertiary/aromatic N) is 1. The molecular weight excluding hydrogens is 415 g/mol. The molecule has 3 aromatic rings. The Morgan fingerprint density at radius 1 is 1.00 bits per heavy atom. The van der Waals surface area contributed by atoms with Crippen LogP contribution < -0.4 is 0 Å². The number of hydrogen-bond donors (Lipinski definition) is 0. The molecular formula is C26H26F3NO2. The van der Waals surface area contributed by atoms with Gasteiger partial charge in [0.25, 0.3) is 0 Å². The van der Waals surface area contributed by atoms with Crippen LogP contribution in [-0.4, -0.2) is 17.6 Å². The summed E-state index contributed by atoms with van der Waals surface area (Å²) in [6.45, 7) is 5.50. The van der Waals surface area contributed by atoms with Crippen LogP contribution in [0, 0.1) is 5.92 Å². The van der Waals surface area contributed by atoms with Gasteiger partial charge in [-0.15, -0.1) is 0 Å². The zero-order valence-corrected chi connectivity index (χ0v) is 18.3. The Bertz CT molecular complexity index is 1050. The highest BCUT2D eigenvalue weighted by atomic mass is 19.4. The first-order chi connectivity index (χ1) is 15.2. The minimum Gasteiger partial charge on any atom is -0.466 e. The van der Waals surface area contributed by atoms with Gasteiger partial charge in [0.15, 0.2) is 0 Å². The van der Waals surface area contributed by atoms with Crippen molar-refractivity contribution in [2.45, 2.75) is 39.3 Å². The fourth-order valence-corrected chi connectivity index (χ4v) is 3.87. The van der Waals surface area contributed by atoms with E-state index in [-0.39, 0.29) is 30.1 Å². The first-order valence-corrected chi connectivity index (χ1v) is 10.6. The summed E-state index contributed by atoms with van der Waals surface area (Å²) in [5, 5.41) is 0. The number of benzene rings is 2. The second-order valence-electron chi connectivity index (χ2n) is 8.03. The van der Waals surface area contributed by atoms with Crippen molar-refractivity contribution in [1.29, 1.82) is 0 Å². The standard InChI is InChI=1S/C26H26F3NO2/c1-4-32-25(31)23(13-17(2)3)22-15-20(18-9-6-5-7-10-18)14-21(24(22)26(27,28)29)19-11-8-12-30-16-19/h5-12,14-17,23H,4,13H2,1-3H3. The fraction of sp³-hybridized carbons (Fsp3) is 0.308. The van der Waals surface area contributed by atoms with Crippen LogP contribution in [0.25, 0.3) is 22.3 Å². The lowest BCUT2D eigenvalue weighted by atomic mass is 9.82. The van der Waals surface area contributed by atoms with E-state index < -0.39 is 23.6 Å². The van der Waals surface area contributed by atoms with Gasteiger partial charge >= 0.3 is 12.1 Å². The van der Waals surface area contributed by atoms with Crippen LogP contribution in [0.15, 0.2) is 67.0 Å². The van der Waals surface area contributed by atoms with Crippen LogP contribution in [0.4, 0.5) is 13.2 Å². The minimum atomic E-state index is -4.67. The predicted octanol–water partition coefficient (Wildman–Crippen LogP) is 7.13. The van der Waals surface area contributed by atoms with Crippen molar-refractivity contribution < 1.29 is 22.7 Å². The molecule has 0 saturated heterocycles. The van der Waals surface area contributed by atoms with Crippen molar-refractivity contribution in [2.75, 3.05) is 6.61 Å². The number of pyridine rings is 1. The molecule has 0 saturated carbocycles. The van der Waals surface area contributed by atoms with E-state index in [4.69, 9.17) is 4.74 Å². The molecule has 1 heterocycles. The normalized spacial score (nSPS) is 12.6. The highest BCUT2D eigenvalue weighted by molar-refractivity contribution is 5.84. The summed E-state index contributed by atoms with van der Waals surface area (Å²) in [6.07, 6.45) is -1.51.